The van der Waals surface area contributed by atoms with Crippen molar-refractivity contribution in [2.24, 2.45) is 11.8 Å². The number of ether oxygens (including phenoxy) is 1. The van der Waals surface area contributed by atoms with Crippen LogP contribution in [0.3, 0.4) is 0 Å². The molecular weight excluding hydrogens is 260 g/mol. The molecule has 4 atom stereocenters. The minimum Gasteiger partial charge on any atom is -0.480 e. The van der Waals surface area contributed by atoms with Crippen LogP contribution in [-0.4, -0.2) is 60.3 Å². The number of hydrogen-bond acceptors (Lipinski definition) is 4. The maximum absolute atomic E-state index is 12.7. The minimum atomic E-state index is -0.899. The van der Waals surface area contributed by atoms with E-state index >= 15 is 0 Å². The van der Waals surface area contributed by atoms with Gasteiger partial charge in [0.1, 0.15) is 6.04 Å². The number of piperidine rings is 1. The van der Waals surface area contributed by atoms with Gasteiger partial charge in [0.05, 0.1) is 19.1 Å². The molecule has 0 saturated carbocycles. The third-order valence-electron chi connectivity index (χ3n) is 4.33. The molecule has 2 aliphatic heterocycles. The third-order valence-corrected chi connectivity index (χ3v) is 4.33. The van der Waals surface area contributed by atoms with Crippen molar-refractivity contribution >= 4 is 11.9 Å². The van der Waals surface area contributed by atoms with Crippen molar-refractivity contribution in [1.82, 2.24) is 10.2 Å². The van der Waals surface area contributed by atoms with E-state index in [0.717, 1.165) is 19.4 Å². The molecule has 2 saturated heterocycles. The van der Waals surface area contributed by atoms with Crippen molar-refractivity contribution in [1.29, 1.82) is 0 Å². The molecule has 0 aliphatic carbocycles. The molecule has 0 aromatic heterocycles. The van der Waals surface area contributed by atoms with E-state index in [1.54, 1.807) is 4.90 Å². The Balaban J connectivity index is 2.11. The molecule has 114 valence electrons. The number of hydrogen-bond donors (Lipinski definition) is 2. The van der Waals surface area contributed by atoms with E-state index in [0.29, 0.717) is 19.8 Å². The Morgan fingerprint density at radius 3 is 2.80 bits per heavy atom. The summed E-state index contributed by atoms with van der Waals surface area (Å²) in [5.74, 6) is -1.23. The summed E-state index contributed by atoms with van der Waals surface area (Å²) in [4.78, 5) is 25.7. The number of aliphatic carboxylic acids is 1. The first-order chi connectivity index (χ1) is 9.56. The predicted octanol–water partition coefficient (Wildman–Crippen LogP) is 0.323. The smallest absolute Gasteiger partial charge is 0.326 e. The van der Waals surface area contributed by atoms with Gasteiger partial charge in [-0.3, -0.25) is 4.79 Å². The summed E-state index contributed by atoms with van der Waals surface area (Å²) < 4.78 is 5.40. The molecule has 0 radical (unpaired) electrons. The summed E-state index contributed by atoms with van der Waals surface area (Å²) in [6.07, 6.45) is 1.73. The highest BCUT2D eigenvalue weighted by atomic mass is 16.5. The molecule has 6 heteroatoms. The predicted molar refractivity (Wildman–Crippen MR) is 73.3 cm³/mol. The molecule has 6 nitrogen and oxygen atoms in total. The molecule has 20 heavy (non-hydrogen) atoms. The number of rotatable bonds is 4. The maximum atomic E-state index is 12.7. The highest BCUT2D eigenvalue weighted by molar-refractivity contribution is 5.86. The summed E-state index contributed by atoms with van der Waals surface area (Å²) >= 11 is 0. The molecule has 2 rings (SSSR count). The van der Waals surface area contributed by atoms with Crippen LogP contribution in [0.25, 0.3) is 0 Å². The molecule has 2 fully saturated rings. The number of nitrogens with zero attached hydrogens (tertiary/aromatic N) is 1. The zero-order valence-corrected chi connectivity index (χ0v) is 12.2. The van der Waals surface area contributed by atoms with E-state index in [1.165, 1.54) is 0 Å². The number of carboxylic acid groups (broad SMARTS) is 1. The quantitative estimate of drug-likeness (QED) is 0.777. The lowest BCUT2D eigenvalue weighted by atomic mass is 9.89. The molecule has 0 aromatic rings. The number of nitrogens with one attached hydrogen (secondary N) is 1. The average Bonchev–Trinajstić information content (AvgIpc) is 2.86. The van der Waals surface area contributed by atoms with Gasteiger partial charge in [0.15, 0.2) is 0 Å². The first-order valence-electron chi connectivity index (χ1n) is 7.40. The van der Waals surface area contributed by atoms with Gasteiger partial charge in [-0.2, -0.15) is 0 Å². The number of carbonyl (C=O) groups excluding carboxylic acids is 1. The summed E-state index contributed by atoms with van der Waals surface area (Å²) in [5, 5.41) is 12.6. The molecular formula is C14H24N2O4. The molecule has 1 amide bonds. The van der Waals surface area contributed by atoms with Crippen LogP contribution < -0.4 is 5.32 Å². The molecule has 0 spiro atoms. The van der Waals surface area contributed by atoms with E-state index in [1.807, 2.05) is 13.8 Å². The van der Waals surface area contributed by atoms with Gasteiger partial charge in [-0.05, 0) is 25.3 Å². The first kappa shape index (κ1) is 15.3. The Hall–Kier alpha value is -1.14. The van der Waals surface area contributed by atoms with Crippen LogP contribution in [-0.2, 0) is 14.3 Å². The van der Waals surface area contributed by atoms with Crippen LogP contribution in [0.5, 0.6) is 0 Å². The van der Waals surface area contributed by atoms with E-state index in [4.69, 9.17) is 4.74 Å². The second kappa shape index (κ2) is 6.54. The summed E-state index contributed by atoms with van der Waals surface area (Å²) in [6.45, 7) is 6.11. The lowest BCUT2D eigenvalue weighted by Gasteiger charge is -2.39. The number of carboxylic acids is 1. The molecule has 0 aromatic carbocycles. The van der Waals surface area contributed by atoms with Gasteiger partial charge in [-0.15, -0.1) is 0 Å². The van der Waals surface area contributed by atoms with Crippen molar-refractivity contribution in [3.8, 4) is 0 Å². The SMILES string of the molecule is CCNC1COCC1C(=O)N1CCCC(C)C1C(=O)O. The van der Waals surface area contributed by atoms with Crippen LogP contribution in [0.15, 0.2) is 0 Å². The van der Waals surface area contributed by atoms with Gasteiger partial charge in [0, 0.05) is 12.6 Å². The summed E-state index contributed by atoms with van der Waals surface area (Å²) in [5.41, 5.74) is 0. The molecule has 0 bridgehead atoms. The Bertz CT molecular complexity index is 374. The van der Waals surface area contributed by atoms with E-state index in [-0.39, 0.29) is 23.8 Å². The highest BCUT2D eigenvalue weighted by Gasteiger charge is 2.43. The second-order valence-corrected chi connectivity index (χ2v) is 5.74. The Morgan fingerprint density at radius 1 is 1.40 bits per heavy atom. The van der Waals surface area contributed by atoms with Crippen molar-refractivity contribution in [3.63, 3.8) is 0 Å². The van der Waals surface area contributed by atoms with E-state index < -0.39 is 12.0 Å². The first-order valence-corrected chi connectivity index (χ1v) is 7.40. The van der Waals surface area contributed by atoms with Gasteiger partial charge >= 0.3 is 5.97 Å². The number of amides is 1. The monoisotopic (exact) mass is 284 g/mol. The number of carbonyl (C=O) groups is 2. The van der Waals surface area contributed by atoms with E-state index in [9.17, 15) is 14.7 Å². The summed E-state index contributed by atoms with van der Waals surface area (Å²) in [6, 6.07) is -0.696. The fourth-order valence-corrected chi connectivity index (χ4v) is 3.29. The van der Waals surface area contributed by atoms with Crippen LogP contribution >= 0.6 is 0 Å². The van der Waals surface area contributed by atoms with Crippen molar-refractivity contribution < 1.29 is 19.4 Å². The minimum absolute atomic E-state index is 0.000762. The van der Waals surface area contributed by atoms with Crippen molar-refractivity contribution in [3.05, 3.63) is 0 Å². The van der Waals surface area contributed by atoms with Crippen LogP contribution in [0.2, 0.25) is 0 Å². The lowest BCUT2D eigenvalue weighted by Crippen LogP contribution is -2.56. The molecule has 2 aliphatic rings. The maximum Gasteiger partial charge on any atom is 0.326 e. The van der Waals surface area contributed by atoms with Gasteiger partial charge < -0.3 is 20.1 Å². The summed E-state index contributed by atoms with van der Waals surface area (Å²) in [7, 11) is 0. The largest absolute Gasteiger partial charge is 0.480 e. The highest BCUT2D eigenvalue weighted by Crippen LogP contribution is 2.27. The number of likely N-dealkylation sites (tertiary alicyclic amines) is 1. The van der Waals surface area contributed by atoms with Crippen molar-refractivity contribution in [2.45, 2.75) is 38.8 Å². The lowest BCUT2D eigenvalue weighted by molar-refractivity contribution is -0.156. The fraction of sp³-hybridized carbons (Fsp3) is 0.857. The number of likely N-dealkylation sites (N-methyl/N-ethyl adjacent to an activating group) is 1. The van der Waals surface area contributed by atoms with Gasteiger partial charge in [-0.25, -0.2) is 4.79 Å². The van der Waals surface area contributed by atoms with E-state index in [2.05, 4.69) is 5.32 Å². The normalized spacial score (nSPS) is 34.2. The molecule has 2 N–H and O–H groups in total. The van der Waals surface area contributed by atoms with Gasteiger partial charge in [0.25, 0.3) is 0 Å². The average molecular weight is 284 g/mol. The molecule has 2 heterocycles. The van der Waals surface area contributed by atoms with Gasteiger partial charge in [-0.1, -0.05) is 13.8 Å². The third kappa shape index (κ3) is 2.96. The standard InChI is InChI=1S/C14H24N2O4/c1-3-15-11-8-20-7-10(11)13(17)16-6-4-5-9(2)12(16)14(18)19/h9-12,15H,3-8H2,1-2H3,(H,18,19). The van der Waals surface area contributed by atoms with Gasteiger partial charge in [0.2, 0.25) is 5.91 Å². The van der Waals surface area contributed by atoms with Crippen LogP contribution in [0.1, 0.15) is 26.7 Å². The molecule has 4 unspecified atom stereocenters. The second-order valence-electron chi connectivity index (χ2n) is 5.74. The Kier molecular flexibility index (Phi) is 4.99. The van der Waals surface area contributed by atoms with Crippen molar-refractivity contribution in [2.75, 3.05) is 26.3 Å². The van der Waals surface area contributed by atoms with Crippen LogP contribution in [0.4, 0.5) is 0 Å². The zero-order valence-electron chi connectivity index (χ0n) is 12.2. The zero-order chi connectivity index (χ0) is 14.7. The fourth-order valence-electron chi connectivity index (χ4n) is 3.29. The Labute approximate surface area is 119 Å². The topological polar surface area (TPSA) is 78.9 Å². The van der Waals surface area contributed by atoms with Crippen LogP contribution in [0, 0.1) is 11.8 Å². The Morgan fingerprint density at radius 2 is 2.15 bits per heavy atom.